The highest BCUT2D eigenvalue weighted by Gasteiger charge is 2.26. The van der Waals surface area contributed by atoms with Crippen LogP contribution in [0.4, 0.5) is 5.82 Å². The van der Waals surface area contributed by atoms with Gasteiger partial charge < -0.3 is 10.2 Å². The summed E-state index contributed by atoms with van der Waals surface area (Å²) < 4.78 is 0. The van der Waals surface area contributed by atoms with E-state index in [2.05, 4.69) is 39.2 Å². The molecule has 110 valence electrons. The molecule has 0 amide bonds. The molecule has 20 heavy (non-hydrogen) atoms. The molecule has 0 unspecified atom stereocenters. The Morgan fingerprint density at radius 1 is 1.15 bits per heavy atom. The summed E-state index contributed by atoms with van der Waals surface area (Å²) in [7, 11) is 0. The second-order valence-corrected chi connectivity index (χ2v) is 6.06. The molecule has 1 aliphatic carbocycles. The van der Waals surface area contributed by atoms with Crippen molar-refractivity contribution in [3.05, 3.63) is 23.9 Å². The van der Waals surface area contributed by atoms with Crippen LogP contribution >= 0.6 is 0 Å². The molecule has 4 nitrogen and oxygen atoms in total. The summed E-state index contributed by atoms with van der Waals surface area (Å²) in [6, 6.07) is 6.28. The summed E-state index contributed by atoms with van der Waals surface area (Å²) >= 11 is 0. The number of aromatic nitrogens is 1. The summed E-state index contributed by atoms with van der Waals surface area (Å²) in [4.78, 5) is 9.83. The molecule has 0 spiro atoms. The van der Waals surface area contributed by atoms with Crippen LogP contribution in [0.2, 0.25) is 0 Å². The van der Waals surface area contributed by atoms with Crippen LogP contribution in [-0.2, 0) is 6.54 Å². The zero-order valence-corrected chi connectivity index (χ0v) is 12.5. The van der Waals surface area contributed by atoms with Gasteiger partial charge >= 0.3 is 0 Å². The maximum Gasteiger partial charge on any atom is 0.126 e. The SMILES string of the molecule is CCNc1cccc(CN2CCN(CC3CC3)CC2)n1. The lowest BCUT2D eigenvalue weighted by Gasteiger charge is -2.34. The zero-order chi connectivity index (χ0) is 13.8. The van der Waals surface area contributed by atoms with Crippen molar-refractivity contribution in [3.63, 3.8) is 0 Å². The maximum absolute atomic E-state index is 4.67. The Labute approximate surface area is 122 Å². The van der Waals surface area contributed by atoms with Crippen LogP contribution in [0, 0.1) is 5.92 Å². The van der Waals surface area contributed by atoms with Gasteiger partial charge in [0.2, 0.25) is 0 Å². The van der Waals surface area contributed by atoms with Gasteiger partial charge in [0.05, 0.1) is 5.69 Å². The van der Waals surface area contributed by atoms with Crippen LogP contribution in [0.15, 0.2) is 18.2 Å². The number of hydrogen-bond donors (Lipinski definition) is 1. The van der Waals surface area contributed by atoms with Crippen LogP contribution < -0.4 is 5.32 Å². The summed E-state index contributed by atoms with van der Waals surface area (Å²) in [5.41, 5.74) is 1.18. The predicted molar refractivity (Wildman–Crippen MR) is 82.8 cm³/mol. The number of rotatable bonds is 6. The van der Waals surface area contributed by atoms with E-state index < -0.39 is 0 Å². The Balaban J connectivity index is 1.47. The monoisotopic (exact) mass is 274 g/mol. The highest BCUT2D eigenvalue weighted by atomic mass is 15.3. The fourth-order valence-corrected chi connectivity index (χ4v) is 2.87. The van der Waals surface area contributed by atoms with Gasteiger partial charge in [-0.05, 0) is 37.8 Å². The normalized spacial score (nSPS) is 21.1. The number of pyridine rings is 1. The van der Waals surface area contributed by atoms with Crippen molar-refractivity contribution in [1.82, 2.24) is 14.8 Å². The number of piperazine rings is 1. The molecule has 1 aliphatic heterocycles. The summed E-state index contributed by atoms with van der Waals surface area (Å²) in [6.07, 6.45) is 2.92. The minimum absolute atomic E-state index is 0.927. The molecule has 2 heterocycles. The van der Waals surface area contributed by atoms with Crippen molar-refractivity contribution >= 4 is 5.82 Å². The molecule has 2 aliphatic rings. The number of anilines is 1. The van der Waals surface area contributed by atoms with E-state index in [9.17, 15) is 0 Å². The summed E-state index contributed by atoms with van der Waals surface area (Å²) in [5, 5.41) is 3.28. The molecule has 1 saturated heterocycles. The van der Waals surface area contributed by atoms with Gasteiger partial charge in [-0.1, -0.05) is 6.07 Å². The molecule has 4 heteroatoms. The van der Waals surface area contributed by atoms with Crippen molar-refractivity contribution in [1.29, 1.82) is 0 Å². The molecule has 0 aromatic carbocycles. The number of nitrogens with one attached hydrogen (secondary N) is 1. The fraction of sp³-hybridized carbons (Fsp3) is 0.688. The van der Waals surface area contributed by atoms with E-state index in [1.807, 2.05) is 6.07 Å². The van der Waals surface area contributed by atoms with E-state index in [1.165, 1.54) is 51.3 Å². The Bertz CT molecular complexity index is 422. The molecule has 1 saturated carbocycles. The molecule has 1 N–H and O–H groups in total. The summed E-state index contributed by atoms with van der Waals surface area (Å²) in [6.45, 7) is 10.2. The van der Waals surface area contributed by atoms with Gasteiger partial charge in [-0.2, -0.15) is 0 Å². The smallest absolute Gasteiger partial charge is 0.126 e. The first-order chi connectivity index (χ1) is 9.83. The Hall–Kier alpha value is -1.13. The predicted octanol–water partition coefficient (Wildman–Crippen LogP) is 2.04. The van der Waals surface area contributed by atoms with Gasteiger partial charge in [0.1, 0.15) is 5.82 Å². The van der Waals surface area contributed by atoms with Gasteiger partial charge in [-0.15, -0.1) is 0 Å². The third kappa shape index (κ3) is 3.93. The standard InChI is InChI=1S/C16H26N4/c1-2-17-16-5-3-4-15(18-16)13-20-10-8-19(9-11-20)12-14-6-7-14/h3-5,14H,2,6-13H2,1H3,(H,17,18). The summed E-state index contributed by atoms with van der Waals surface area (Å²) in [5.74, 6) is 2.01. The average molecular weight is 274 g/mol. The lowest BCUT2D eigenvalue weighted by atomic mass is 10.2. The van der Waals surface area contributed by atoms with E-state index in [0.717, 1.165) is 24.8 Å². The molecule has 0 bridgehead atoms. The van der Waals surface area contributed by atoms with Gasteiger partial charge in [0.15, 0.2) is 0 Å². The van der Waals surface area contributed by atoms with Crippen LogP contribution in [0.3, 0.4) is 0 Å². The lowest BCUT2D eigenvalue weighted by molar-refractivity contribution is 0.122. The Morgan fingerprint density at radius 3 is 2.60 bits per heavy atom. The van der Waals surface area contributed by atoms with Crippen molar-refractivity contribution in [2.24, 2.45) is 5.92 Å². The first-order valence-corrected chi connectivity index (χ1v) is 7.98. The minimum Gasteiger partial charge on any atom is -0.370 e. The van der Waals surface area contributed by atoms with Crippen molar-refractivity contribution < 1.29 is 0 Å². The van der Waals surface area contributed by atoms with Crippen LogP contribution in [0.1, 0.15) is 25.5 Å². The van der Waals surface area contributed by atoms with E-state index in [4.69, 9.17) is 0 Å². The number of hydrogen-bond acceptors (Lipinski definition) is 4. The van der Waals surface area contributed by atoms with Gasteiger partial charge in [-0.25, -0.2) is 4.98 Å². The van der Waals surface area contributed by atoms with E-state index in [-0.39, 0.29) is 0 Å². The third-order valence-corrected chi connectivity index (χ3v) is 4.23. The molecule has 3 rings (SSSR count). The number of nitrogens with zero attached hydrogens (tertiary/aromatic N) is 3. The zero-order valence-electron chi connectivity index (χ0n) is 12.5. The minimum atomic E-state index is 0.927. The van der Waals surface area contributed by atoms with E-state index >= 15 is 0 Å². The quantitative estimate of drug-likeness (QED) is 0.860. The third-order valence-electron chi connectivity index (χ3n) is 4.23. The molecular formula is C16H26N4. The fourth-order valence-electron chi connectivity index (χ4n) is 2.87. The first-order valence-electron chi connectivity index (χ1n) is 7.98. The molecule has 1 aromatic heterocycles. The van der Waals surface area contributed by atoms with E-state index in [1.54, 1.807) is 0 Å². The molecular weight excluding hydrogens is 248 g/mol. The molecule has 1 aromatic rings. The first kappa shape index (κ1) is 13.8. The van der Waals surface area contributed by atoms with E-state index in [0.29, 0.717) is 0 Å². The average Bonchev–Trinajstić information content (AvgIpc) is 3.26. The Kier molecular flexibility index (Phi) is 4.53. The van der Waals surface area contributed by atoms with Crippen LogP contribution in [0.25, 0.3) is 0 Å². The highest BCUT2D eigenvalue weighted by Crippen LogP contribution is 2.29. The van der Waals surface area contributed by atoms with Crippen LogP contribution in [-0.4, -0.2) is 54.1 Å². The van der Waals surface area contributed by atoms with Crippen LogP contribution in [0.5, 0.6) is 0 Å². The largest absolute Gasteiger partial charge is 0.370 e. The van der Waals surface area contributed by atoms with Crippen molar-refractivity contribution in [2.45, 2.75) is 26.3 Å². The second kappa shape index (κ2) is 6.55. The van der Waals surface area contributed by atoms with Crippen molar-refractivity contribution in [2.75, 3.05) is 44.6 Å². The van der Waals surface area contributed by atoms with Gasteiger partial charge in [-0.3, -0.25) is 4.90 Å². The molecule has 0 radical (unpaired) electrons. The molecule has 0 atom stereocenters. The van der Waals surface area contributed by atoms with Crippen molar-refractivity contribution in [3.8, 4) is 0 Å². The Morgan fingerprint density at radius 2 is 1.90 bits per heavy atom. The maximum atomic E-state index is 4.67. The molecule has 2 fully saturated rings. The lowest BCUT2D eigenvalue weighted by Crippen LogP contribution is -2.46. The highest BCUT2D eigenvalue weighted by molar-refractivity contribution is 5.34. The topological polar surface area (TPSA) is 31.4 Å². The van der Waals surface area contributed by atoms with Gasteiger partial charge in [0.25, 0.3) is 0 Å². The van der Waals surface area contributed by atoms with Gasteiger partial charge in [0, 0.05) is 45.8 Å². The second-order valence-electron chi connectivity index (χ2n) is 6.06.